The second-order valence-corrected chi connectivity index (χ2v) is 6.19. The molecule has 0 N–H and O–H groups in total. The molecule has 0 aromatic heterocycles. The molecular formula is C12H15F4NO3S. The average Bonchev–Trinajstić information content (AvgIpc) is 2.38. The van der Waals surface area contributed by atoms with Gasteiger partial charge in [-0.05, 0) is 18.6 Å². The van der Waals surface area contributed by atoms with Crippen LogP contribution in [0.15, 0.2) is 17.0 Å². The summed E-state index contributed by atoms with van der Waals surface area (Å²) in [5.41, 5.74) is -0.0984. The maximum absolute atomic E-state index is 13.7. The molecule has 0 aliphatic heterocycles. The van der Waals surface area contributed by atoms with E-state index in [2.05, 4.69) is 4.74 Å². The summed E-state index contributed by atoms with van der Waals surface area (Å²) in [6.07, 6.45) is -2.93. The van der Waals surface area contributed by atoms with Gasteiger partial charge in [-0.15, -0.1) is 0 Å². The maximum atomic E-state index is 13.7. The van der Waals surface area contributed by atoms with E-state index >= 15 is 0 Å². The monoisotopic (exact) mass is 329 g/mol. The standard InChI is InChI=1S/C12H15F4NO3S/c1-8-5-11(10(14)6-9(8)13)21(18,19)17(3-4-20-2)7-12(15)16/h5-6,12H,3-4,7H2,1-2H3. The van der Waals surface area contributed by atoms with Gasteiger partial charge in [0.05, 0.1) is 13.2 Å². The SMILES string of the molecule is COCCN(CC(F)F)S(=O)(=O)c1cc(C)c(F)cc1F. The van der Waals surface area contributed by atoms with Crippen LogP contribution in [-0.4, -0.2) is 46.0 Å². The van der Waals surface area contributed by atoms with Crippen LogP contribution in [0.3, 0.4) is 0 Å². The number of sulfonamides is 1. The van der Waals surface area contributed by atoms with E-state index in [0.717, 1.165) is 6.07 Å². The van der Waals surface area contributed by atoms with Gasteiger partial charge in [-0.2, -0.15) is 4.31 Å². The molecule has 0 atom stereocenters. The number of halogens is 4. The van der Waals surface area contributed by atoms with E-state index in [9.17, 15) is 26.0 Å². The van der Waals surface area contributed by atoms with E-state index in [4.69, 9.17) is 0 Å². The van der Waals surface area contributed by atoms with Gasteiger partial charge in [0.15, 0.2) is 0 Å². The first-order valence-electron chi connectivity index (χ1n) is 5.93. The molecule has 0 heterocycles. The molecule has 1 rings (SSSR count). The quantitative estimate of drug-likeness (QED) is 0.721. The van der Waals surface area contributed by atoms with Crippen LogP contribution in [0.25, 0.3) is 0 Å². The molecule has 0 radical (unpaired) electrons. The number of rotatable bonds is 7. The van der Waals surface area contributed by atoms with Crippen molar-refractivity contribution in [2.75, 3.05) is 26.8 Å². The highest BCUT2D eigenvalue weighted by atomic mass is 32.2. The Morgan fingerprint density at radius 2 is 1.86 bits per heavy atom. The third kappa shape index (κ3) is 4.39. The smallest absolute Gasteiger partial charge is 0.252 e. The Balaban J connectivity index is 3.24. The maximum Gasteiger partial charge on any atom is 0.252 e. The number of aryl methyl sites for hydroxylation is 1. The zero-order valence-electron chi connectivity index (χ0n) is 11.4. The summed E-state index contributed by atoms with van der Waals surface area (Å²) in [5, 5.41) is 0. The Labute approximate surface area is 120 Å². The summed E-state index contributed by atoms with van der Waals surface area (Å²) in [7, 11) is -3.23. The van der Waals surface area contributed by atoms with Crippen molar-refractivity contribution < 1.29 is 30.7 Å². The molecule has 120 valence electrons. The number of hydrogen-bond donors (Lipinski definition) is 0. The molecule has 0 bridgehead atoms. The molecule has 9 heteroatoms. The van der Waals surface area contributed by atoms with Crippen LogP contribution in [0.2, 0.25) is 0 Å². The lowest BCUT2D eigenvalue weighted by Gasteiger charge is -2.22. The zero-order chi connectivity index (χ0) is 16.2. The first-order chi connectivity index (χ1) is 9.70. The molecule has 0 amide bonds. The van der Waals surface area contributed by atoms with Gasteiger partial charge in [0, 0.05) is 19.7 Å². The van der Waals surface area contributed by atoms with Gasteiger partial charge in [0.1, 0.15) is 16.5 Å². The van der Waals surface area contributed by atoms with Crippen LogP contribution in [0.4, 0.5) is 17.6 Å². The molecule has 0 spiro atoms. The number of benzene rings is 1. The van der Waals surface area contributed by atoms with Gasteiger partial charge >= 0.3 is 0 Å². The second-order valence-electron chi connectivity index (χ2n) is 4.28. The van der Waals surface area contributed by atoms with E-state index < -0.39 is 39.5 Å². The molecular weight excluding hydrogens is 314 g/mol. The van der Waals surface area contributed by atoms with Crippen molar-refractivity contribution in [1.82, 2.24) is 4.31 Å². The highest BCUT2D eigenvalue weighted by Gasteiger charge is 2.30. The number of hydrogen-bond acceptors (Lipinski definition) is 3. The first-order valence-corrected chi connectivity index (χ1v) is 7.37. The fourth-order valence-electron chi connectivity index (χ4n) is 1.62. The summed E-state index contributed by atoms with van der Waals surface area (Å²) in [6.45, 7) is -0.339. The van der Waals surface area contributed by atoms with Gasteiger partial charge in [-0.1, -0.05) is 0 Å². The lowest BCUT2D eigenvalue weighted by atomic mass is 10.2. The molecule has 0 fully saturated rings. The zero-order valence-corrected chi connectivity index (χ0v) is 12.3. The summed E-state index contributed by atoms with van der Waals surface area (Å²) >= 11 is 0. The number of nitrogens with zero attached hydrogens (tertiary/aromatic N) is 1. The third-order valence-electron chi connectivity index (χ3n) is 2.72. The lowest BCUT2D eigenvalue weighted by molar-refractivity contribution is 0.105. The molecule has 1 aromatic rings. The van der Waals surface area contributed by atoms with Crippen molar-refractivity contribution in [3.63, 3.8) is 0 Å². The average molecular weight is 329 g/mol. The van der Waals surface area contributed by atoms with Gasteiger partial charge < -0.3 is 4.74 Å². The minimum atomic E-state index is -4.51. The van der Waals surface area contributed by atoms with Gasteiger partial charge in [-0.25, -0.2) is 26.0 Å². The normalized spacial score (nSPS) is 12.4. The molecule has 0 saturated carbocycles. The molecule has 0 aliphatic carbocycles. The molecule has 1 aromatic carbocycles. The van der Waals surface area contributed by atoms with Crippen LogP contribution >= 0.6 is 0 Å². The Morgan fingerprint density at radius 1 is 1.24 bits per heavy atom. The van der Waals surface area contributed by atoms with Gasteiger partial charge in [-0.3, -0.25) is 0 Å². The Kier molecular flexibility index (Phi) is 6.11. The fourth-order valence-corrected chi connectivity index (χ4v) is 3.16. The van der Waals surface area contributed by atoms with Gasteiger partial charge in [0.2, 0.25) is 10.0 Å². The van der Waals surface area contributed by atoms with Crippen molar-refractivity contribution >= 4 is 10.0 Å². The Bertz CT molecular complexity index is 592. The predicted molar refractivity (Wildman–Crippen MR) is 67.7 cm³/mol. The molecule has 0 aliphatic rings. The van der Waals surface area contributed by atoms with Crippen molar-refractivity contribution in [3.8, 4) is 0 Å². The number of methoxy groups -OCH3 is 1. The molecule has 4 nitrogen and oxygen atoms in total. The number of alkyl halides is 2. The minimum absolute atomic E-state index is 0.0984. The van der Waals surface area contributed by atoms with E-state index in [-0.39, 0.29) is 18.7 Å². The summed E-state index contributed by atoms with van der Waals surface area (Å²) in [5.74, 6) is -2.24. The number of ether oxygens (including phenoxy) is 1. The van der Waals surface area contributed by atoms with Crippen molar-refractivity contribution in [1.29, 1.82) is 0 Å². The molecule has 21 heavy (non-hydrogen) atoms. The van der Waals surface area contributed by atoms with Crippen molar-refractivity contribution in [2.24, 2.45) is 0 Å². The third-order valence-corrected chi connectivity index (χ3v) is 4.60. The van der Waals surface area contributed by atoms with E-state index in [1.165, 1.54) is 14.0 Å². The predicted octanol–water partition coefficient (Wildman–Crippen LogP) is 2.18. The highest BCUT2D eigenvalue weighted by molar-refractivity contribution is 7.89. The van der Waals surface area contributed by atoms with Crippen LogP contribution in [0.1, 0.15) is 5.56 Å². The van der Waals surface area contributed by atoms with Crippen molar-refractivity contribution in [2.45, 2.75) is 18.2 Å². The second kappa shape index (κ2) is 7.19. The summed E-state index contributed by atoms with van der Waals surface area (Å²) in [6, 6.07) is 1.20. The molecule has 0 saturated heterocycles. The molecule has 0 unspecified atom stereocenters. The largest absolute Gasteiger partial charge is 0.383 e. The first kappa shape index (κ1) is 17.9. The Hall–Kier alpha value is -1.19. The topological polar surface area (TPSA) is 46.6 Å². The Morgan fingerprint density at radius 3 is 2.38 bits per heavy atom. The van der Waals surface area contributed by atoms with E-state index in [1.807, 2.05) is 0 Å². The van der Waals surface area contributed by atoms with Gasteiger partial charge in [0.25, 0.3) is 6.43 Å². The van der Waals surface area contributed by atoms with Crippen LogP contribution in [-0.2, 0) is 14.8 Å². The van der Waals surface area contributed by atoms with E-state index in [0.29, 0.717) is 10.4 Å². The van der Waals surface area contributed by atoms with Crippen molar-refractivity contribution in [3.05, 3.63) is 29.3 Å². The minimum Gasteiger partial charge on any atom is -0.383 e. The van der Waals surface area contributed by atoms with E-state index in [1.54, 1.807) is 0 Å². The fraction of sp³-hybridized carbons (Fsp3) is 0.500. The van der Waals surface area contributed by atoms with Crippen LogP contribution in [0.5, 0.6) is 0 Å². The summed E-state index contributed by atoms with van der Waals surface area (Å²) < 4.78 is 81.4. The summed E-state index contributed by atoms with van der Waals surface area (Å²) in [4.78, 5) is -0.835. The highest BCUT2D eigenvalue weighted by Crippen LogP contribution is 2.23. The van der Waals surface area contributed by atoms with Crippen LogP contribution in [0, 0.1) is 18.6 Å². The lowest BCUT2D eigenvalue weighted by Crippen LogP contribution is -2.38. The van der Waals surface area contributed by atoms with Crippen LogP contribution < -0.4 is 0 Å².